The molecule has 0 aliphatic carbocycles. The maximum absolute atomic E-state index is 13.5. The zero-order valence-electron chi connectivity index (χ0n) is 17.7. The lowest BCUT2D eigenvalue weighted by molar-refractivity contribution is -0.138. The lowest BCUT2D eigenvalue weighted by Gasteiger charge is -2.31. The van der Waals surface area contributed by atoms with Crippen LogP contribution in [0.3, 0.4) is 0 Å². The van der Waals surface area contributed by atoms with Crippen molar-refractivity contribution in [2.45, 2.75) is 39.8 Å². The van der Waals surface area contributed by atoms with Gasteiger partial charge in [-0.1, -0.05) is 58.0 Å². The average Bonchev–Trinajstić information content (AvgIpc) is 3.01. The third-order valence-corrected chi connectivity index (χ3v) is 5.44. The molecule has 0 spiro atoms. The number of carbonyl (C=O) groups is 3. The number of nitrogens with zero attached hydrogens (tertiary/aromatic N) is 2. The van der Waals surface area contributed by atoms with Gasteiger partial charge >= 0.3 is 6.03 Å². The molecule has 2 N–H and O–H groups in total. The van der Waals surface area contributed by atoms with Gasteiger partial charge in [0.05, 0.1) is 23.9 Å². The van der Waals surface area contributed by atoms with E-state index in [1.54, 1.807) is 11.9 Å². The molecule has 0 aromatic heterocycles. The minimum atomic E-state index is -0.591. The van der Waals surface area contributed by atoms with Crippen molar-refractivity contribution in [2.75, 3.05) is 20.1 Å². The second-order valence-electron chi connectivity index (χ2n) is 8.47. The van der Waals surface area contributed by atoms with E-state index < -0.39 is 12.1 Å². The quantitative estimate of drug-likeness (QED) is 0.771. The Morgan fingerprint density at radius 2 is 1.83 bits per heavy atom. The maximum atomic E-state index is 13.5. The van der Waals surface area contributed by atoms with Gasteiger partial charge in [0.25, 0.3) is 5.91 Å². The zero-order chi connectivity index (χ0) is 21.3. The molecule has 7 heteroatoms. The SMILES string of the molecule is CC(C)CNC(=O)[C@@H](C(C)C)N1CC2=C(C1=O)[C@@H](c1ccccc1)NC(=O)N2C. The highest BCUT2D eigenvalue weighted by atomic mass is 16.2. The van der Waals surface area contributed by atoms with Crippen LogP contribution in [0.15, 0.2) is 41.6 Å². The predicted molar refractivity (Wildman–Crippen MR) is 111 cm³/mol. The van der Waals surface area contributed by atoms with Gasteiger partial charge in [-0.2, -0.15) is 0 Å². The van der Waals surface area contributed by atoms with E-state index in [9.17, 15) is 14.4 Å². The van der Waals surface area contributed by atoms with E-state index in [2.05, 4.69) is 10.6 Å². The van der Waals surface area contributed by atoms with E-state index in [1.165, 1.54) is 4.90 Å². The first-order chi connectivity index (χ1) is 13.7. The smallest absolute Gasteiger partial charge is 0.322 e. The van der Waals surface area contributed by atoms with Crippen LogP contribution >= 0.6 is 0 Å². The van der Waals surface area contributed by atoms with Crippen LogP contribution in [-0.4, -0.2) is 53.8 Å². The van der Waals surface area contributed by atoms with Gasteiger partial charge in [0.2, 0.25) is 5.91 Å². The van der Waals surface area contributed by atoms with Gasteiger partial charge in [-0.25, -0.2) is 4.79 Å². The summed E-state index contributed by atoms with van der Waals surface area (Å²) in [7, 11) is 1.66. The van der Waals surface area contributed by atoms with E-state index in [0.717, 1.165) is 5.56 Å². The molecule has 7 nitrogen and oxygen atoms in total. The zero-order valence-corrected chi connectivity index (χ0v) is 17.7. The molecule has 4 amide bonds. The van der Waals surface area contributed by atoms with Crippen LogP contribution in [0, 0.1) is 11.8 Å². The Balaban J connectivity index is 1.93. The first-order valence-corrected chi connectivity index (χ1v) is 10.1. The first-order valence-electron chi connectivity index (χ1n) is 10.1. The molecule has 2 aliphatic rings. The minimum absolute atomic E-state index is 0.0587. The Morgan fingerprint density at radius 3 is 2.41 bits per heavy atom. The summed E-state index contributed by atoms with van der Waals surface area (Å²) in [6, 6.07) is 8.09. The van der Waals surface area contributed by atoms with Crippen molar-refractivity contribution in [3.63, 3.8) is 0 Å². The lowest BCUT2D eigenvalue weighted by Crippen LogP contribution is -2.52. The van der Waals surface area contributed by atoms with Crippen LogP contribution in [0.4, 0.5) is 4.79 Å². The van der Waals surface area contributed by atoms with Gasteiger partial charge < -0.3 is 15.5 Å². The number of carbonyl (C=O) groups excluding carboxylic acids is 3. The van der Waals surface area contributed by atoms with Crippen molar-refractivity contribution in [3.05, 3.63) is 47.2 Å². The lowest BCUT2D eigenvalue weighted by atomic mass is 9.95. The highest BCUT2D eigenvalue weighted by Gasteiger charge is 2.46. The standard InChI is InChI=1S/C22H30N4O3/c1-13(2)11-23-20(27)19(14(3)4)26-12-16-17(21(26)28)18(24-22(29)25(16)5)15-9-7-6-8-10-15/h6-10,13-14,18-19H,11-12H2,1-5H3,(H,23,27)(H,24,29)/t18-,19-/m1/s1. The summed E-state index contributed by atoms with van der Waals surface area (Å²) in [6.45, 7) is 8.74. The van der Waals surface area contributed by atoms with Crippen LogP contribution in [0.2, 0.25) is 0 Å². The minimum Gasteiger partial charge on any atom is -0.354 e. The number of nitrogens with one attached hydrogen (secondary N) is 2. The highest BCUT2D eigenvalue weighted by Crippen LogP contribution is 2.37. The van der Waals surface area contributed by atoms with Crippen LogP contribution in [0.5, 0.6) is 0 Å². The predicted octanol–water partition coefficient (Wildman–Crippen LogP) is 2.28. The molecule has 0 fully saturated rings. The third-order valence-electron chi connectivity index (χ3n) is 5.44. The fraction of sp³-hybridized carbons (Fsp3) is 0.500. The third kappa shape index (κ3) is 3.99. The van der Waals surface area contributed by atoms with Crippen LogP contribution in [0.1, 0.15) is 39.3 Å². The Hall–Kier alpha value is -2.83. The van der Waals surface area contributed by atoms with E-state index in [0.29, 0.717) is 23.7 Å². The number of likely N-dealkylation sites (N-methyl/N-ethyl adjacent to an activating group) is 1. The van der Waals surface area contributed by atoms with E-state index in [1.807, 2.05) is 58.0 Å². The summed E-state index contributed by atoms with van der Waals surface area (Å²) >= 11 is 0. The summed E-state index contributed by atoms with van der Waals surface area (Å²) in [5, 5.41) is 5.88. The molecule has 2 heterocycles. The maximum Gasteiger partial charge on any atom is 0.322 e. The largest absolute Gasteiger partial charge is 0.354 e. The van der Waals surface area contributed by atoms with Gasteiger partial charge in [-0.3, -0.25) is 14.5 Å². The van der Waals surface area contributed by atoms with Gasteiger partial charge in [-0.05, 0) is 17.4 Å². The number of hydrogen-bond acceptors (Lipinski definition) is 3. The molecule has 156 valence electrons. The molecule has 0 unspecified atom stereocenters. The second kappa shape index (κ2) is 8.27. The normalized spacial score (nSPS) is 20.3. The van der Waals surface area contributed by atoms with Gasteiger partial charge in [0.1, 0.15) is 6.04 Å². The summed E-state index contributed by atoms with van der Waals surface area (Å²) in [5.41, 5.74) is 2.05. The van der Waals surface area contributed by atoms with Crippen LogP contribution in [-0.2, 0) is 9.59 Å². The number of hydrogen-bond donors (Lipinski definition) is 2. The molecule has 0 bridgehead atoms. The van der Waals surface area contributed by atoms with Gasteiger partial charge in [0.15, 0.2) is 0 Å². The first kappa shape index (κ1) is 20.9. The molecule has 3 rings (SSSR count). The highest BCUT2D eigenvalue weighted by molar-refractivity contribution is 6.03. The summed E-state index contributed by atoms with van der Waals surface area (Å²) in [5.74, 6) is -0.0846. The molecule has 1 aromatic rings. The Bertz CT molecular complexity index is 832. The van der Waals surface area contributed by atoms with E-state index in [-0.39, 0.29) is 30.3 Å². The molecule has 1 aromatic carbocycles. The van der Waals surface area contributed by atoms with Gasteiger partial charge in [0, 0.05) is 13.6 Å². The topological polar surface area (TPSA) is 81.8 Å². The second-order valence-corrected chi connectivity index (χ2v) is 8.47. The monoisotopic (exact) mass is 398 g/mol. The molecule has 29 heavy (non-hydrogen) atoms. The van der Waals surface area contributed by atoms with Crippen LogP contribution in [0.25, 0.3) is 0 Å². The van der Waals surface area contributed by atoms with Crippen molar-refractivity contribution in [1.29, 1.82) is 0 Å². The van der Waals surface area contributed by atoms with Crippen LogP contribution < -0.4 is 10.6 Å². The number of rotatable bonds is 6. The molecule has 0 saturated carbocycles. The van der Waals surface area contributed by atoms with Crippen molar-refractivity contribution in [3.8, 4) is 0 Å². The van der Waals surface area contributed by atoms with Crippen molar-refractivity contribution >= 4 is 17.8 Å². The van der Waals surface area contributed by atoms with Crippen molar-refractivity contribution < 1.29 is 14.4 Å². The van der Waals surface area contributed by atoms with E-state index in [4.69, 9.17) is 0 Å². The molecule has 0 radical (unpaired) electrons. The summed E-state index contributed by atoms with van der Waals surface area (Å²) in [4.78, 5) is 42.0. The fourth-order valence-corrected chi connectivity index (χ4v) is 3.92. The molecule has 2 aliphatic heterocycles. The Morgan fingerprint density at radius 1 is 1.17 bits per heavy atom. The average molecular weight is 399 g/mol. The summed E-state index contributed by atoms with van der Waals surface area (Å²) in [6.07, 6.45) is 0. The number of amides is 4. The molecule has 2 atom stereocenters. The Kier molecular flexibility index (Phi) is 5.96. The van der Waals surface area contributed by atoms with Gasteiger partial charge in [-0.15, -0.1) is 0 Å². The number of benzene rings is 1. The number of urea groups is 1. The van der Waals surface area contributed by atoms with Crippen molar-refractivity contribution in [1.82, 2.24) is 20.4 Å². The fourth-order valence-electron chi connectivity index (χ4n) is 3.92. The Labute approximate surface area is 172 Å². The van der Waals surface area contributed by atoms with E-state index >= 15 is 0 Å². The molecular formula is C22H30N4O3. The molecule has 0 saturated heterocycles. The molecular weight excluding hydrogens is 368 g/mol. The summed E-state index contributed by atoms with van der Waals surface area (Å²) < 4.78 is 0. The van der Waals surface area contributed by atoms with Crippen molar-refractivity contribution in [2.24, 2.45) is 11.8 Å².